The highest BCUT2D eigenvalue weighted by Crippen LogP contribution is 2.22. The Morgan fingerprint density at radius 1 is 1.27 bits per heavy atom. The van der Waals surface area contributed by atoms with E-state index >= 15 is 0 Å². The molecule has 1 aromatic carbocycles. The van der Waals surface area contributed by atoms with Crippen molar-refractivity contribution in [3.05, 3.63) is 35.9 Å². The maximum atomic E-state index is 14.4. The van der Waals surface area contributed by atoms with Gasteiger partial charge in [-0.05, 0) is 32.8 Å². The summed E-state index contributed by atoms with van der Waals surface area (Å²) in [7, 11) is 0. The Kier molecular flexibility index (Phi) is 6.83. The summed E-state index contributed by atoms with van der Waals surface area (Å²) in [5, 5.41) is 2.60. The molecule has 0 bridgehead atoms. The highest BCUT2D eigenvalue weighted by atomic mass is 19.1. The number of likely N-dealkylation sites (tertiary alicyclic amines) is 1. The number of ether oxygens (including phenoxy) is 2. The SMILES string of the molecule is CC(C)(C)OC(=O)N1CC[C@@H](CNC(=O)OCc2ccccc2)[C@H](F)C1. The molecule has 1 N–H and O–H groups in total. The van der Waals surface area contributed by atoms with Gasteiger partial charge in [0.05, 0.1) is 6.54 Å². The number of piperidine rings is 1. The van der Waals surface area contributed by atoms with Crippen LogP contribution in [0.3, 0.4) is 0 Å². The van der Waals surface area contributed by atoms with Gasteiger partial charge in [-0.25, -0.2) is 14.0 Å². The van der Waals surface area contributed by atoms with E-state index < -0.39 is 24.0 Å². The fraction of sp³-hybridized carbons (Fsp3) is 0.579. The summed E-state index contributed by atoms with van der Waals surface area (Å²) >= 11 is 0. The van der Waals surface area contributed by atoms with Crippen molar-refractivity contribution in [2.24, 2.45) is 5.92 Å². The van der Waals surface area contributed by atoms with E-state index in [0.29, 0.717) is 13.0 Å². The lowest BCUT2D eigenvalue weighted by molar-refractivity contribution is 0.00539. The first-order valence-corrected chi connectivity index (χ1v) is 8.81. The number of rotatable bonds is 4. The van der Waals surface area contributed by atoms with Gasteiger partial charge in [-0.1, -0.05) is 30.3 Å². The highest BCUT2D eigenvalue weighted by molar-refractivity contribution is 5.68. The second kappa shape index (κ2) is 8.87. The predicted octanol–water partition coefficient (Wildman–Crippen LogP) is 3.51. The lowest BCUT2D eigenvalue weighted by Crippen LogP contribution is -2.49. The number of nitrogens with zero attached hydrogens (tertiary/aromatic N) is 1. The van der Waals surface area contributed by atoms with Gasteiger partial charge in [-0.3, -0.25) is 0 Å². The lowest BCUT2D eigenvalue weighted by Gasteiger charge is -2.35. The Balaban J connectivity index is 1.71. The van der Waals surface area contributed by atoms with Crippen molar-refractivity contribution in [2.75, 3.05) is 19.6 Å². The minimum absolute atomic E-state index is 0.0275. The van der Waals surface area contributed by atoms with Crippen molar-refractivity contribution in [1.82, 2.24) is 10.2 Å². The third kappa shape index (κ3) is 6.54. The molecule has 0 saturated carbocycles. The molecular weight excluding hydrogens is 339 g/mol. The molecule has 2 atom stereocenters. The van der Waals surface area contributed by atoms with Crippen molar-refractivity contribution in [2.45, 2.75) is 45.6 Å². The number of carbonyl (C=O) groups excluding carboxylic acids is 2. The average molecular weight is 366 g/mol. The van der Waals surface area contributed by atoms with Gasteiger partial charge in [0.25, 0.3) is 0 Å². The Labute approximate surface area is 153 Å². The van der Waals surface area contributed by atoms with E-state index in [4.69, 9.17) is 9.47 Å². The molecule has 0 spiro atoms. The largest absolute Gasteiger partial charge is 0.445 e. The number of carbonyl (C=O) groups is 2. The Bertz CT molecular complexity index is 603. The number of alkyl halides is 1. The first kappa shape index (κ1) is 20.0. The first-order chi connectivity index (χ1) is 12.2. The van der Waals surface area contributed by atoms with E-state index in [2.05, 4.69) is 5.32 Å². The van der Waals surface area contributed by atoms with Crippen molar-refractivity contribution < 1.29 is 23.5 Å². The van der Waals surface area contributed by atoms with Crippen LogP contribution in [0, 0.1) is 5.92 Å². The number of hydrogen-bond donors (Lipinski definition) is 1. The van der Waals surface area contributed by atoms with Gasteiger partial charge >= 0.3 is 12.2 Å². The molecule has 0 aromatic heterocycles. The number of alkyl carbamates (subject to hydrolysis) is 1. The molecule has 0 radical (unpaired) electrons. The third-order valence-corrected chi connectivity index (χ3v) is 4.05. The van der Waals surface area contributed by atoms with Crippen LogP contribution in [0.2, 0.25) is 0 Å². The van der Waals surface area contributed by atoms with Crippen LogP contribution in [0.4, 0.5) is 14.0 Å². The number of amides is 2. The molecule has 2 rings (SSSR count). The van der Waals surface area contributed by atoms with Gasteiger partial charge in [0, 0.05) is 19.0 Å². The minimum atomic E-state index is -1.22. The van der Waals surface area contributed by atoms with E-state index in [-0.39, 0.29) is 25.6 Å². The molecular formula is C19H27FN2O4. The van der Waals surface area contributed by atoms with Crippen LogP contribution in [0.25, 0.3) is 0 Å². The quantitative estimate of drug-likeness (QED) is 0.885. The zero-order valence-corrected chi connectivity index (χ0v) is 15.5. The molecule has 7 heteroatoms. The van der Waals surface area contributed by atoms with Crippen LogP contribution in [-0.4, -0.2) is 48.5 Å². The van der Waals surface area contributed by atoms with Crippen LogP contribution in [0.5, 0.6) is 0 Å². The van der Waals surface area contributed by atoms with Crippen molar-refractivity contribution in [3.8, 4) is 0 Å². The van der Waals surface area contributed by atoms with Crippen LogP contribution < -0.4 is 5.32 Å². The molecule has 1 aromatic rings. The van der Waals surface area contributed by atoms with E-state index in [1.807, 2.05) is 30.3 Å². The average Bonchev–Trinajstić information content (AvgIpc) is 2.58. The molecule has 6 nitrogen and oxygen atoms in total. The summed E-state index contributed by atoms with van der Waals surface area (Å²) in [4.78, 5) is 25.1. The Hall–Kier alpha value is -2.31. The molecule has 0 unspecified atom stereocenters. The van der Waals surface area contributed by atoms with Crippen molar-refractivity contribution in [1.29, 1.82) is 0 Å². The molecule has 1 fully saturated rings. The second-order valence-electron chi connectivity index (χ2n) is 7.43. The van der Waals surface area contributed by atoms with Crippen molar-refractivity contribution in [3.63, 3.8) is 0 Å². The van der Waals surface area contributed by atoms with Gasteiger partial charge in [0.1, 0.15) is 18.4 Å². The van der Waals surface area contributed by atoms with E-state index in [0.717, 1.165) is 5.56 Å². The molecule has 1 saturated heterocycles. The molecule has 1 heterocycles. The van der Waals surface area contributed by atoms with E-state index in [1.165, 1.54) is 4.90 Å². The van der Waals surface area contributed by atoms with Crippen LogP contribution in [0.1, 0.15) is 32.8 Å². The summed E-state index contributed by atoms with van der Waals surface area (Å²) in [5.41, 5.74) is 0.278. The van der Waals surface area contributed by atoms with Gasteiger partial charge in [-0.2, -0.15) is 0 Å². The first-order valence-electron chi connectivity index (χ1n) is 8.81. The zero-order valence-electron chi connectivity index (χ0n) is 15.5. The summed E-state index contributed by atoms with van der Waals surface area (Å²) in [6, 6.07) is 9.33. The molecule has 1 aliphatic heterocycles. The standard InChI is InChI=1S/C19H27FN2O4/c1-19(2,3)26-18(24)22-10-9-15(16(20)12-22)11-21-17(23)25-13-14-7-5-4-6-8-14/h4-8,15-16H,9-13H2,1-3H3,(H,21,23)/t15-,16+/m0/s1. The molecule has 1 aliphatic rings. The van der Waals surface area contributed by atoms with Gasteiger partial charge in [0.15, 0.2) is 0 Å². The van der Waals surface area contributed by atoms with Crippen LogP contribution in [-0.2, 0) is 16.1 Å². The minimum Gasteiger partial charge on any atom is -0.445 e. The second-order valence-corrected chi connectivity index (χ2v) is 7.43. The number of hydrogen-bond acceptors (Lipinski definition) is 4. The Morgan fingerprint density at radius 3 is 2.58 bits per heavy atom. The number of benzene rings is 1. The fourth-order valence-corrected chi connectivity index (χ4v) is 2.66. The lowest BCUT2D eigenvalue weighted by atomic mass is 9.95. The molecule has 2 amide bonds. The van der Waals surface area contributed by atoms with Gasteiger partial charge < -0.3 is 19.7 Å². The van der Waals surface area contributed by atoms with Gasteiger partial charge in [0.2, 0.25) is 0 Å². The maximum Gasteiger partial charge on any atom is 0.410 e. The summed E-state index contributed by atoms with van der Waals surface area (Å²) in [5.74, 6) is -0.349. The maximum absolute atomic E-state index is 14.4. The van der Waals surface area contributed by atoms with E-state index in [9.17, 15) is 14.0 Å². The highest BCUT2D eigenvalue weighted by Gasteiger charge is 2.33. The molecule has 0 aliphatic carbocycles. The van der Waals surface area contributed by atoms with Crippen LogP contribution in [0.15, 0.2) is 30.3 Å². The zero-order chi connectivity index (χ0) is 19.2. The van der Waals surface area contributed by atoms with Crippen LogP contribution >= 0.6 is 0 Å². The summed E-state index contributed by atoms with van der Waals surface area (Å²) in [6.45, 7) is 6.04. The molecule has 26 heavy (non-hydrogen) atoms. The summed E-state index contributed by atoms with van der Waals surface area (Å²) < 4.78 is 24.7. The monoisotopic (exact) mass is 366 g/mol. The summed E-state index contributed by atoms with van der Waals surface area (Å²) in [6.07, 6.45) is -1.84. The number of halogens is 1. The normalized spacial score (nSPS) is 20.4. The van der Waals surface area contributed by atoms with Gasteiger partial charge in [-0.15, -0.1) is 0 Å². The smallest absolute Gasteiger partial charge is 0.410 e. The third-order valence-electron chi connectivity index (χ3n) is 4.05. The fourth-order valence-electron chi connectivity index (χ4n) is 2.66. The van der Waals surface area contributed by atoms with E-state index in [1.54, 1.807) is 20.8 Å². The number of nitrogens with one attached hydrogen (secondary N) is 1. The topological polar surface area (TPSA) is 67.9 Å². The predicted molar refractivity (Wildman–Crippen MR) is 95.4 cm³/mol. The van der Waals surface area contributed by atoms with Crippen molar-refractivity contribution >= 4 is 12.2 Å². The Morgan fingerprint density at radius 2 is 1.96 bits per heavy atom. The molecule has 144 valence electrons.